The Morgan fingerprint density at radius 1 is 1.08 bits per heavy atom. The molecule has 0 aliphatic heterocycles. The minimum atomic E-state index is -4.72. The summed E-state index contributed by atoms with van der Waals surface area (Å²) >= 11 is 4.71. The first-order valence-corrected chi connectivity index (χ1v) is 11.7. The first kappa shape index (κ1) is 28.8. The van der Waals surface area contributed by atoms with Crippen molar-refractivity contribution in [3.8, 4) is 22.8 Å². The van der Waals surface area contributed by atoms with Gasteiger partial charge in [0.05, 0.1) is 5.69 Å². The molecule has 1 aromatic heterocycles. The Labute approximate surface area is 227 Å². The van der Waals surface area contributed by atoms with E-state index in [2.05, 4.69) is 20.1 Å². The summed E-state index contributed by atoms with van der Waals surface area (Å²) in [7, 11) is 1.72. The summed E-state index contributed by atoms with van der Waals surface area (Å²) in [6.45, 7) is 1.52. The van der Waals surface area contributed by atoms with Crippen LogP contribution in [-0.4, -0.2) is 45.4 Å². The summed E-state index contributed by atoms with van der Waals surface area (Å²) < 4.78 is 41.7. The number of nitrogens with zero attached hydrogens (tertiary/aromatic N) is 4. The number of thiocarbonyl (C=S) groups is 1. The van der Waals surface area contributed by atoms with Crippen molar-refractivity contribution in [2.24, 2.45) is 5.73 Å². The first-order chi connectivity index (χ1) is 18.4. The van der Waals surface area contributed by atoms with Crippen molar-refractivity contribution in [3.05, 3.63) is 84.7 Å². The van der Waals surface area contributed by atoms with Gasteiger partial charge in [-0.15, -0.1) is 18.3 Å². The number of nitrogens with one attached hydrogen (secondary N) is 2. The SMILES string of the molecule is CC(=O)N(C)c1ccc(NC(N)=S)cc1.N=Cc1ccc(-c2ncn(-c3ccc(OC(F)(F)F)cc3)n2)cc1. The number of aromatic nitrogens is 3. The van der Waals surface area contributed by atoms with E-state index in [1.807, 2.05) is 24.3 Å². The lowest BCUT2D eigenvalue weighted by atomic mass is 10.1. The molecule has 0 saturated carbocycles. The van der Waals surface area contributed by atoms with Gasteiger partial charge in [-0.2, -0.15) is 0 Å². The van der Waals surface area contributed by atoms with E-state index in [1.165, 1.54) is 48.4 Å². The Bertz CT molecular complexity index is 1420. The van der Waals surface area contributed by atoms with Crippen molar-refractivity contribution < 1.29 is 22.7 Å². The summed E-state index contributed by atoms with van der Waals surface area (Å²) in [4.78, 5) is 16.8. The highest BCUT2D eigenvalue weighted by Crippen LogP contribution is 2.24. The van der Waals surface area contributed by atoms with Crippen LogP contribution in [0.5, 0.6) is 5.75 Å². The molecule has 13 heteroatoms. The van der Waals surface area contributed by atoms with Crippen molar-refractivity contribution in [2.75, 3.05) is 17.3 Å². The van der Waals surface area contributed by atoms with Gasteiger partial charge in [0.2, 0.25) is 5.91 Å². The van der Waals surface area contributed by atoms with Crippen LogP contribution in [0, 0.1) is 5.41 Å². The number of anilines is 2. The Morgan fingerprint density at radius 3 is 2.21 bits per heavy atom. The average molecular weight is 556 g/mol. The molecular weight excluding hydrogens is 531 g/mol. The molecular formula is C26H24F3N7O2S. The van der Waals surface area contributed by atoms with E-state index in [-0.39, 0.29) is 16.8 Å². The van der Waals surface area contributed by atoms with E-state index >= 15 is 0 Å². The molecule has 1 heterocycles. The van der Waals surface area contributed by atoms with Crippen LogP contribution in [0.4, 0.5) is 24.5 Å². The largest absolute Gasteiger partial charge is 0.573 e. The van der Waals surface area contributed by atoms with Crippen LogP contribution in [0.2, 0.25) is 0 Å². The number of rotatable bonds is 6. The van der Waals surface area contributed by atoms with E-state index in [4.69, 9.17) is 23.4 Å². The molecule has 0 spiro atoms. The highest BCUT2D eigenvalue weighted by atomic mass is 32.1. The zero-order chi connectivity index (χ0) is 28.6. The fourth-order valence-corrected chi connectivity index (χ4v) is 3.26. The number of hydrogen-bond donors (Lipinski definition) is 3. The van der Waals surface area contributed by atoms with Gasteiger partial charge < -0.3 is 26.1 Å². The number of halogens is 3. The van der Waals surface area contributed by atoms with Crippen molar-refractivity contribution in [1.82, 2.24) is 14.8 Å². The Balaban J connectivity index is 0.000000242. The smallest absolute Gasteiger partial charge is 0.406 e. The van der Waals surface area contributed by atoms with E-state index in [9.17, 15) is 18.0 Å². The normalized spacial score (nSPS) is 10.6. The van der Waals surface area contributed by atoms with Gasteiger partial charge in [0, 0.05) is 37.1 Å². The minimum Gasteiger partial charge on any atom is -0.406 e. The van der Waals surface area contributed by atoms with Crippen LogP contribution >= 0.6 is 12.2 Å². The third-order valence-electron chi connectivity index (χ3n) is 5.16. The standard InChI is InChI=1S/C16H11F3N4O.C10H13N3OS/c17-16(18,19)24-14-7-5-13(6-8-14)23-10-21-15(22-23)12-3-1-11(9-20)2-4-12;1-7(14)13(2)9-5-3-8(4-6-9)12-10(11)15/h1-10,20H;3-6H,1-2H3,(H3,11,12,15). The molecule has 4 N–H and O–H groups in total. The molecule has 0 aliphatic carbocycles. The maximum atomic E-state index is 12.1. The Kier molecular flexibility index (Phi) is 9.33. The minimum absolute atomic E-state index is 0.00921. The van der Waals surface area contributed by atoms with Crippen LogP contribution in [-0.2, 0) is 4.79 Å². The van der Waals surface area contributed by atoms with Crippen LogP contribution in [0.1, 0.15) is 12.5 Å². The van der Waals surface area contributed by atoms with E-state index in [0.29, 0.717) is 11.5 Å². The molecule has 3 aromatic carbocycles. The van der Waals surface area contributed by atoms with Gasteiger partial charge in [0.25, 0.3) is 0 Å². The quantitative estimate of drug-likeness (QED) is 0.222. The summed E-state index contributed by atoms with van der Waals surface area (Å²) in [5, 5.41) is 14.5. The van der Waals surface area contributed by atoms with Gasteiger partial charge in [-0.1, -0.05) is 24.3 Å². The molecule has 202 valence electrons. The van der Waals surface area contributed by atoms with Crippen LogP contribution in [0.25, 0.3) is 17.1 Å². The lowest BCUT2D eigenvalue weighted by molar-refractivity contribution is -0.274. The molecule has 1 amide bonds. The highest BCUT2D eigenvalue weighted by Gasteiger charge is 2.31. The number of alkyl halides is 3. The number of ether oxygens (including phenoxy) is 1. The highest BCUT2D eigenvalue weighted by molar-refractivity contribution is 7.80. The Morgan fingerprint density at radius 2 is 1.69 bits per heavy atom. The maximum absolute atomic E-state index is 12.1. The third-order valence-corrected chi connectivity index (χ3v) is 5.26. The molecule has 0 aliphatic rings. The van der Waals surface area contributed by atoms with Crippen molar-refractivity contribution in [1.29, 1.82) is 5.41 Å². The van der Waals surface area contributed by atoms with Crippen molar-refractivity contribution >= 4 is 40.8 Å². The average Bonchev–Trinajstić information content (AvgIpc) is 3.39. The lowest BCUT2D eigenvalue weighted by Gasteiger charge is -2.15. The monoisotopic (exact) mass is 555 g/mol. The molecule has 4 aromatic rings. The van der Waals surface area contributed by atoms with Gasteiger partial charge in [0.15, 0.2) is 10.9 Å². The number of hydrogen-bond acceptors (Lipinski definition) is 6. The van der Waals surface area contributed by atoms with Crippen LogP contribution in [0.3, 0.4) is 0 Å². The van der Waals surface area contributed by atoms with Gasteiger partial charge in [0.1, 0.15) is 12.1 Å². The van der Waals surface area contributed by atoms with Gasteiger partial charge in [-0.25, -0.2) is 9.67 Å². The first-order valence-electron chi connectivity index (χ1n) is 11.2. The number of carbonyl (C=O) groups is 1. The van der Waals surface area contributed by atoms with Crippen molar-refractivity contribution in [3.63, 3.8) is 0 Å². The van der Waals surface area contributed by atoms with Gasteiger partial charge >= 0.3 is 6.36 Å². The number of benzene rings is 3. The summed E-state index contributed by atoms with van der Waals surface area (Å²) in [6.07, 6.45) is -2.01. The topological polar surface area (TPSA) is 122 Å². The third kappa shape index (κ3) is 8.64. The van der Waals surface area contributed by atoms with E-state index < -0.39 is 6.36 Å². The van der Waals surface area contributed by atoms with Gasteiger partial charge in [-0.05, 0) is 66.3 Å². The van der Waals surface area contributed by atoms with Crippen LogP contribution in [0.15, 0.2) is 79.1 Å². The predicted molar refractivity (Wildman–Crippen MR) is 147 cm³/mol. The molecule has 0 unspecified atom stereocenters. The van der Waals surface area contributed by atoms with E-state index in [1.54, 1.807) is 36.2 Å². The fraction of sp³-hybridized carbons (Fsp3) is 0.115. The van der Waals surface area contributed by atoms with Crippen molar-refractivity contribution in [2.45, 2.75) is 13.3 Å². The van der Waals surface area contributed by atoms with Crippen LogP contribution < -0.4 is 20.7 Å². The predicted octanol–water partition coefficient (Wildman–Crippen LogP) is 5.16. The molecule has 39 heavy (non-hydrogen) atoms. The lowest BCUT2D eigenvalue weighted by Crippen LogP contribution is -2.23. The second-order valence-electron chi connectivity index (χ2n) is 7.93. The number of carbonyl (C=O) groups excluding carboxylic acids is 1. The summed E-state index contributed by atoms with van der Waals surface area (Å²) in [5.74, 6) is 0.168. The number of amides is 1. The zero-order valence-electron chi connectivity index (χ0n) is 20.8. The summed E-state index contributed by atoms with van der Waals surface area (Å²) in [5.41, 5.74) is 9.06. The molecule has 0 radical (unpaired) electrons. The molecule has 0 fully saturated rings. The zero-order valence-corrected chi connectivity index (χ0v) is 21.6. The molecule has 0 bridgehead atoms. The Hall–Kier alpha value is -4.78. The fourth-order valence-electron chi connectivity index (χ4n) is 3.14. The van der Waals surface area contributed by atoms with Gasteiger partial charge in [-0.3, -0.25) is 4.79 Å². The second-order valence-corrected chi connectivity index (χ2v) is 8.37. The number of nitrogens with two attached hydrogens (primary N) is 1. The molecule has 9 nitrogen and oxygen atoms in total. The molecule has 0 saturated heterocycles. The van der Waals surface area contributed by atoms with E-state index in [0.717, 1.165) is 22.5 Å². The molecule has 0 atom stereocenters. The summed E-state index contributed by atoms with van der Waals surface area (Å²) in [6, 6.07) is 19.7. The second kappa shape index (κ2) is 12.6. The maximum Gasteiger partial charge on any atom is 0.573 e. The molecule has 4 rings (SSSR count).